The first kappa shape index (κ1) is 9.86. The highest BCUT2D eigenvalue weighted by Gasteiger charge is 2.08. The van der Waals surface area contributed by atoms with Crippen LogP contribution in [-0.4, -0.2) is 23.3 Å². The standard InChI is InChI=1S/C10H7ClN2O2/c1-15-10(14)6-2-3-7-5-12-13-9(11)8(7)4-6/h2-5H,1H3. The van der Waals surface area contributed by atoms with Crippen LogP contribution in [0.3, 0.4) is 0 Å². The van der Waals surface area contributed by atoms with Crippen LogP contribution in [0.1, 0.15) is 10.4 Å². The molecule has 15 heavy (non-hydrogen) atoms. The molecule has 0 fully saturated rings. The van der Waals surface area contributed by atoms with Gasteiger partial charge in [0.15, 0.2) is 5.15 Å². The van der Waals surface area contributed by atoms with Crippen LogP contribution < -0.4 is 0 Å². The number of esters is 1. The van der Waals surface area contributed by atoms with E-state index in [-0.39, 0.29) is 5.15 Å². The van der Waals surface area contributed by atoms with Crippen LogP contribution in [0.15, 0.2) is 24.4 Å². The zero-order valence-corrected chi connectivity index (χ0v) is 8.65. The summed E-state index contributed by atoms with van der Waals surface area (Å²) in [5.41, 5.74) is 0.444. The molecule has 0 aliphatic heterocycles. The Morgan fingerprint density at radius 3 is 3.00 bits per heavy atom. The average molecular weight is 223 g/mol. The molecule has 0 atom stereocenters. The number of ether oxygens (including phenoxy) is 1. The summed E-state index contributed by atoms with van der Waals surface area (Å²) in [7, 11) is 1.33. The van der Waals surface area contributed by atoms with Crippen LogP contribution in [0.5, 0.6) is 0 Å². The van der Waals surface area contributed by atoms with Crippen LogP contribution in [0, 0.1) is 0 Å². The number of rotatable bonds is 1. The second kappa shape index (κ2) is 3.82. The van der Waals surface area contributed by atoms with Gasteiger partial charge in [0.25, 0.3) is 0 Å². The van der Waals surface area contributed by atoms with Crippen LogP contribution in [0.25, 0.3) is 10.8 Å². The van der Waals surface area contributed by atoms with E-state index in [1.54, 1.807) is 24.4 Å². The lowest BCUT2D eigenvalue weighted by Crippen LogP contribution is -2.00. The predicted molar refractivity (Wildman–Crippen MR) is 55.9 cm³/mol. The van der Waals surface area contributed by atoms with Crippen molar-refractivity contribution in [3.8, 4) is 0 Å². The van der Waals surface area contributed by atoms with E-state index in [0.717, 1.165) is 5.39 Å². The summed E-state index contributed by atoms with van der Waals surface area (Å²) in [6.45, 7) is 0. The van der Waals surface area contributed by atoms with E-state index in [0.29, 0.717) is 10.9 Å². The molecule has 0 spiro atoms. The van der Waals surface area contributed by atoms with E-state index in [4.69, 9.17) is 11.6 Å². The topological polar surface area (TPSA) is 52.1 Å². The molecule has 0 amide bonds. The van der Waals surface area contributed by atoms with Crippen molar-refractivity contribution in [1.82, 2.24) is 10.2 Å². The smallest absolute Gasteiger partial charge is 0.337 e. The van der Waals surface area contributed by atoms with Crippen LogP contribution in [0.2, 0.25) is 5.15 Å². The molecule has 0 unspecified atom stereocenters. The molecule has 5 heteroatoms. The Hall–Kier alpha value is -1.68. The molecule has 76 valence electrons. The van der Waals surface area contributed by atoms with Crippen molar-refractivity contribution < 1.29 is 9.53 Å². The molecule has 0 N–H and O–H groups in total. The maximum atomic E-state index is 11.3. The predicted octanol–water partition coefficient (Wildman–Crippen LogP) is 2.07. The van der Waals surface area contributed by atoms with E-state index >= 15 is 0 Å². The molecule has 0 saturated heterocycles. The Morgan fingerprint density at radius 2 is 2.27 bits per heavy atom. The average Bonchev–Trinajstić information content (AvgIpc) is 2.28. The maximum absolute atomic E-state index is 11.3. The lowest BCUT2D eigenvalue weighted by atomic mass is 10.1. The molecule has 0 saturated carbocycles. The lowest BCUT2D eigenvalue weighted by molar-refractivity contribution is 0.0601. The van der Waals surface area contributed by atoms with Gasteiger partial charge in [-0.05, 0) is 12.1 Å². The van der Waals surface area contributed by atoms with Gasteiger partial charge in [-0.25, -0.2) is 4.79 Å². The lowest BCUT2D eigenvalue weighted by Gasteiger charge is -2.01. The van der Waals surface area contributed by atoms with Gasteiger partial charge < -0.3 is 4.74 Å². The van der Waals surface area contributed by atoms with Gasteiger partial charge in [-0.2, -0.15) is 5.10 Å². The van der Waals surface area contributed by atoms with Crippen molar-refractivity contribution in [3.05, 3.63) is 35.1 Å². The van der Waals surface area contributed by atoms with Crippen LogP contribution in [-0.2, 0) is 4.74 Å². The van der Waals surface area contributed by atoms with Gasteiger partial charge in [-0.15, -0.1) is 5.10 Å². The molecule has 2 aromatic rings. The van der Waals surface area contributed by atoms with Gasteiger partial charge in [0.2, 0.25) is 0 Å². The minimum atomic E-state index is -0.398. The highest BCUT2D eigenvalue weighted by molar-refractivity contribution is 6.34. The Labute approximate surface area is 90.8 Å². The molecular formula is C10H7ClN2O2. The number of fused-ring (bicyclic) bond motifs is 1. The number of nitrogens with zero attached hydrogens (tertiary/aromatic N) is 2. The quantitative estimate of drug-likeness (QED) is 0.693. The molecule has 1 heterocycles. The summed E-state index contributed by atoms with van der Waals surface area (Å²) in [6, 6.07) is 5.05. The molecule has 4 nitrogen and oxygen atoms in total. The van der Waals surface area contributed by atoms with Gasteiger partial charge in [0, 0.05) is 10.8 Å². The third kappa shape index (κ3) is 1.76. The number of carbonyl (C=O) groups excluding carboxylic acids is 1. The fourth-order valence-electron chi connectivity index (χ4n) is 1.29. The Bertz CT molecular complexity index is 528. The third-order valence-corrected chi connectivity index (χ3v) is 2.32. The highest BCUT2D eigenvalue weighted by atomic mass is 35.5. The van der Waals surface area contributed by atoms with E-state index in [1.165, 1.54) is 7.11 Å². The first-order valence-corrected chi connectivity index (χ1v) is 4.59. The van der Waals surface area contributed by atoms with E-state index in [2.05, 4.69) is 14.9 Å². The summed E-state index contributed by atoms with van der Waals surface area (Å²) in [6.07, 6.45) is 1.59. The van der Waals surface area contributed by atoms with Gasteiger partial charge in [0.05, 0.1) is 18.9 Å². The molecule has 1 aromatic heterocycles. The second-order valence-electron chi connectivity index (χ2n) is 2.93. The zero-order chi connectivity index (χ0) is 10.8. The Balaban J connectivity index is 2.64. The van der Waals surface area contributed by atoms with Crippen LogP contribution in [0.4, 0.5) is 0 Å². The first-order valence-electron chi connectivity index (χ1n) is 4.21. The third-order valence-electron chi connectivity index (χ3n) is 2.04. The molecule has 2 rings (SSSR count). The summed E-state index contributed by atoms with van der Waals surface area (Å²) in [4.78, 5) is 11.3. The summed E-state index contributed by atoms with van der Waals surface area (Å²) in [5.74, 6) is -0.398. The van der Waals surface area contributed by atoms with Crippen molar-refractivity contribution in [1.29, 1.82) is 0 Å². The van der Waals surface area contributed by atoms with E-state index in [9.17, 15) is 4.79 Å². The monoisotopic (exact) mass is 222 g/mol. The number of aromatic nitrogens is 2. The first-order chi connectivity index (χ1) is 7.22. The minimum Gasteiger partial charge on any atom is -0.465 e. The Morgan fingerprint density at radius 1 is 1.47 bits per heavy atom. The maximum Gasteiger partial charge on any atom is 0.337 e. The van der Waals surface area contributed by atoms with Crippen LogP contribution >= 0.6 is 11.6 Å². The van der Waals surface area contributed by atoms with E-state index < -0.39 is 5.97 Å². The van der Waals surface area contributed by atoms with Gasteiger partial charge >= 0.3 is 5.97 Å². The molecular weight excluding hydrogens is 216 g/mol. The number of benzene rings is 1. The summed E-state index contributed by atoms with van der Waals surface area (Å²) >= 11 is 5.85. The van der Waals surface area contributed by atoms with Gasteiger partial charge in [-0.3, -0.25) is 0 Å². The second-order valence-corrected chi connectivity index (χ2v) is 3.29. The van der Waals surface area contributed by atoms with Gasteiger partial charge in [-0.1, -0.05) is 17.7 Å². The number of carbonyl (C=O) groups is 1. The molecule has 0 aliphatic rings. The molecule has 0 radical (unpaired) electrons. The number of methoxy groups -OCH3 is 1. The zero-order valence-electron chi connectivity index (χ0n) is 7.90. The van der Waals surface area contributed by atoms with Crippen molar-refractivity contribution >= 4 is 28.3 Å². The number of halogens is 1. The van der Waals surface area contributed by atoms with Crippen molar-refractivity contribution in [2.45, 2.75) is 0 Å². The fourth-order valence-corrected chi connectivity index (χ4v) is 1.50. The molecule has 1 aromatic carbocycles. The minimum absolute atomic E-state index is 0.276. The molecule has 0 aliphatic carbocycles. The SMILES string of the molecule is COC(=O)c1ccc2cnnc(Cl)c2c1. The normalized spacial score (nSPS) is 10.3. The van der Waals surface area contributed by atoms with Crippen molar-refractivity contribution in [2.24, 2.45) is 0 Å². The van der Waals surface area contributed by atoms with Crippen molar-refractivity contribution in [3.63, 3.8) is 0 Å². The largest absolute Gasteiger partial charge is 0.465 e. The highest BCUT2D eigenvalue weighted by Crippen LogP contribution is 2.21. The van der Waals surface area contributed by atoms with E-state index in [1.807, 2.05) is 0 Å². The summed E-state index contributed by atoms with van der Waals surface area (Å²) in [5, 5.41) is 9.21. The van der Waals surface area contributed by atoms with Gasteiger partial charge in [0.1, 0.15) is 0 Å². The number of hydrogen-bond acceptors (Lipinski definition) is 4. The molecule has 0 bridgehead atoms. The fraction of sp³-hybridized carbons (Fsp3) is 0.100. The Kier molecular flexibility index (Phi) is 2.51. The summed E-state index contributed by atoms with van der Waals surface area (Å²) < 4.78 is 4.61. The number of hydrogen-bond donors (Lipinski definition) is 0. The van der Waals surface area contributed by atoms with Crippen molar-refractivity contribution in [2.75, 3.05) is 7.11 Å².